The normalized spacial score (nSPS) is 12.9. The summed E-state index contributed by atoms with van der Waals surface area (Å²) in [5.74, 6) is 1.86. The van der Waals surface area contributed by atoms with Gasteiger partial charge in [0, 0.05) is 5.75 Å². The molecule has 1 N–H and O–H groups in total. The van der Waals surface area contributed by atoms with Gasteiger partial charge in [-0.15, -0.1) is 0 Å². The second kappa shape index (κ2) is 6.53. The topological polar surface area (TPSA) is 37.3 Å². The summed E-state index contributed by atoms with van der Waals surface area (Å²) in [5, 5.41) is 8.32. The number of hydrogen-bond acceptors (Lipinski definition) is 2. The van der Waals surface area contributed by atoms with Crippen molar-refractivity contribution in [2.45, 2.75) is 26.7 Å². The molecule has 0 radical (unpaired) electrons. The molecule has 0 saturated heterocycles. The van der Waals surface area contributed by atoms with Crippen LogP contribution in [0.4, 0.5) is 0 Å². The average molecular weight is 176 g/mol. The van der Waals surface area contributed by atoms with E-state index < -0.39 is 5.97 Å². The maximum Gasteiger partial charge on any atom is 0.304 e. The van der Waals surface area contributed by atoms with E-state index >= 15 is 0 Å². The van der Waals surface area contributed by atoms with Gasteiger partial charge in [-0.05, 0) is 11.7 Å². The molecule has 0 fully saturated rings. The molecule has 1 atom stereocenters. The zero-order chi connectivity index (χ0) is 8.69. The highest BCUT2D eigenvalue weighted by molar-refractivity contribution is 7.99. The van der Waals surface area contributed by atoms with Crippen molar-refractivity contribution in [1.29, 1.82) is 0 Å². The van der Waals surface area contributed by atoms with E-state index in [1.165, 1.54) is 6.42 Å². The van der Waals surface area contributed by atoms with Crippen LogP contribution in [0, 0.1) is 5.92 Å². The van der Waals surface area contributed by atoms with Gasteiger partial charge >= 0.3 is 5.97 Å². The first-order chi connectivity index (χ1) is 5.16. The molecular formula is C8H16O2S. The van der Waals surface area contributed by atoms with E-state index in [2.05, 4.69) is 13.8 Å². The van der Waals surface area contributed by atoms with Crippen molar-refractivity contribution < 1.29 is 9.90 Å². The van der Waals surface area contributed by atoms with Crippen LogP contribution in [0.3, 0.4) is 0 Å². The fourth-order valence-electron chi connectivity index (χ4n) is 0.562. The van der Waals surface area contributed by atoms with Crippen molar-refractivity contribution in [1.82, 2.24) is 0 Å². The lowest BCUT2D eigenvalue weighted by Gasteiger charge is -2.05. The summed E-state index contributed by atoms with van der Waals surface area (Å²) in [7, 11) is 0. The van der Waals surface area contributed by atoms with Crippen molar-refractivity contribution in [3.63, 3.8) is 0 Å². The predicted octanol–water partition coefficient (Wildman–Crippen LogP) is 2.24. The lowest BCUT2D eigenvalue weighted by atomic mass is 10.2. The van der Waals surface area contributed by atoms with Crippen LogP contribution in [0.15, 0.2) is 0 Å². The van der Waals surface area contributed by atoms with E-state index in [1.54, 1.807) is 11.8 Å². The third kappa shape index (κ3) is 7.72. The molecule has 0 aliphatic carbocycles. The van der Waals surface area contributed by atoms with Gasteiger partial charge < -0.3 is 5.11 Å². The minimum Gasteiger partial charge on any atom is -0.481 e. The van der Waals surface area contributed by atoms with Crippen LogP contribution in [-0.4, -0.2) is 22.6 Å². The largest absolute Gasteiger partial charge is 0.481 e. The molecule has 0 amide bonds. The van der Waals surface area contributed by atoms with Gasteiger partial charge in [-0.3, -0.25) is 4.79 Å². The minimum atomic E-state index is -0.693. The number of thioether (sulfide) groups is 1. The zero-order valence-corrected chi connectivity index (χ0v) is 7.99. The lowest BCUT2D eigenvalue weighted by Crippen LogP contribution is -2.00. The zero-order valence-electron chi connectivity index (χ0n) is 7.17. The van der Waals surface area contributed by atoms with Gasteiger partial charge in [-0.25, -0.2) is 0 Å². The van der Waals surface area contributed by atoms with Gasteiger partial charge in [0.15, 0.2) is 0 Å². The van der Waals surface area contributed by atoms with E-state index in [1.807, 2.05) is 0 Å². The molecule has 0 bridgehead atoms. The number of aliphatic carboxylic acids is 1. The van der Waals surface area contributed by atoms with Crippen molar-refractivity contribution in [3.8, 4) is 0 Å². The Bertz CT molecular complexity index is 115. The second-order valence-corrected chi connectivity index (χ2v) is 3.88. The van der Waals surface area contributed by atoms with E-state index in [-0.39, 0.29) is 0 Å². The summed E-state index contributed by atoms with van der Waals surface area (Å²) >= 11 is 1.73. The first-order valence-electron chi connectivity index (χ1n) is 3.96. The molecule has 0 aromatic heterocycles. The van der Waals surface area contributed by atoms with Crippen LogP contribution < -0.4 is 0 Å². The van der Waals surface area contributed by atoms with E-state index in [0.29, 0.717) is 12.3 Å². The monoisotopic (exact) mass is 176 g/mol. The third-order valence-electron chi connectivity index (χ3n) is 1.56. The number of hydrogen-bond donors (Lipinski definition) is 1. The number of carboxylic acid groups (broad SMARTS) is 1. The Morgan fingerprint density at radius 1 is 1.64 bits per heavy atom. The molecule has 0 heterocycles. The molecule has 0 spiro atoms. The molecule has 11 heavy (non-hydrogen) atoms. The van der Waals surface area contributed by atoms with Gasteiger partial charge in [-0.2, -0.15) is 11.8 Å². The van der Waals surface area contributed by atoms with Crippen molar-refractivity contribution >= 4 is 17.7 Å². The van der Waals surface area contributed by atoms with Crippen LogP contribution in [0.2, 0.25) is 0 Å². The van der Waals surface area contributed by atoms with Crippen LogP contribution in [0.25, 0.3) is 0 Å². The van der Waals surface area contributed by atoms with Gasteiger partial charge in [0.1, 0.15) is 0 Å². The molecule has 3 heteroatoms. The molecule has 0 aliphatic heterocycles. The van der Waals surface area contributed by atoms with Gasteiger partial charge in [-0.1, -0.05) is 20.3 Å². The SMILES string of the molecule is CCC(C)CSCCC(=O)O. The number of carboxylic acids is 1. The molecule has 66 valence electrons. The van der Waals surface area contributed by atoms with E-state index in [9.17, 15) is 4.79 Å². The third-order valence-corrected chi connectivity index (χ3v) is 2.86. The van der Waals surface area contributed by atoms with Crippen LogP contribution in [-0.2, 0) is 4.79 Å². The summed E-state index contributed by atoms with van der Waals surface area (Å²) in [6, 6.07) is 0. The van der Waals surface area contributed by atoms with E-state index in [4.69, 9.17) is 5.11 Å². The Balaban J connectivity index is 3.08. The molecule has 0 rings (SSSR count). The fraction of sp³-hybridized carbons (Fsp3) is 0.875. The molecule has 0 saturated carbocycles. The summed E-state index contributed by atoms with van der Waals surface area (Å²) in [6.45, 7) is 4.34. The molecule has 0 aromatic carbocycles. The highest BCUT2D eigenvalue weighted by Crippen LogP contribution is 2.11. The molecule has 0 aliphatic rings. The fourth-order valence-corrected chi connectivity index (χ4v) is 1.69. The quantitative estimate of drug-likeness (QED) is 0.631. The summed E-state index contributed by atoms with van der Waals surface area (Å²) in [4.78, 5) is 10.1. The van der Waals surface area contributed by atoms with Crippen LogP contribution in [0.1, 0.15) is 26.7 Å². The Morgan fingerprint density at radius 3 is 2.73 bits per heavy atom. The van der Waals surface area contributed by atoms with Crippen molar-refractivity contribution in [3.05, 3.63) is 0 Å². The Morgan fingerprint density at radius 2 is 2.27 bits per heavy atom. The summed E-state index contributed by atoms with van der Waals surface area (Å²) < 4.78 is 0. The number of rotatable bonds is 6. The molecular weight excluding hydrogens is 160 g/mol. The first kappa shape index (κ1) is 10.8. The van der Waals surface area contributed by atoms with Crippen molar-refractivity contribution in [2.75, 3.05) is 11.5 Å². The van der Waals surface area contributed by atoms with Gasteiger partial charge in [0.2, 0.25) is 0 Å². The Kier molecular flexibility index (Phi) is 6.42. The molecule has 0 aromatic rings. The highest BCUT2D eigenvalue weighted by Gasteiger charge is 2.00. The molecule has 2 nitrogen and oxygen atoms in total. The smallest absolute Gasteiger partial charge is 0.304 e. The lowest BCUT2D eigenvalue weighted by molar-refractivity contribution is -0.136. The van der Waals surface area contributed by atoms with Crippen molar-refractivity contribution in [2.24, 2.45) is 5.92 Å². The number of carbonyl (C=O) groups is 1. The van der Waals surface area contributed by atoms with Crippen LogP contribution in [0.5, 0.6) is 0 Å². The highest BCUT2D eigenvalue weighted by atomic mass is 32.2. The van der Waals surface area contributed by atoms with Gasteiger partial charge in [0.05, 0.1) is 6.42 Å². The summed E-state index contributed by atoms with van der Waals surface area (Å²) in [5.41, 5.74) is 0. The van der Waals surface area contributed by atoms with Crippen LogP contribution >= 0.6 is 11.8 Å². The standard InChI is InChI=1S/C8H16O2S/c1-3-7(2)6-11-5-4-8(9)10/h7H,3-6H2,1-2H3,(H,9,10). The minimum absolute atomic E-state index is 0.293. The summed E-state index contributed by atoms with van der Waals surface area (Å²) in [6.07, 6.45) is 1.47. The first-order valence-corrected chi connectivity index (χ1v) is 5.11. The Labute approximate surface area is 72.4 Å². The van der Waals surface area contributed by atoms with E-state index in [0.717, 1.165) is 11.5 Å². The maximum absolute atomic E-state index is 10.1. The maximum atomic E-state index is 10.1. The predicted molar refractivity (Wildman–Crippen MR) is 49.0 cm³/mol. The average Bonchev–Trinajstić information content (AvgIpc) is 1.97. The molecule has 1 unspecified atom stereocenters. The second-order valence-electron chi connectivity index (χ2n) is 2.73. The Hall–Kier alpha value is -0.180. The van der Waals surface area contributed by atoms with Gasteiger partial charge in [0.25, 0.3) is 0 Å².